The molecule has 0 heterocycles. The van der Waals surface area contributed by atoms with E-state index in [0.717, 1.165) is 0 Å². The van der Waals surface area contributed by atoms with E-state index in [1.165, 1.54) is 0 Å². The van der Waals surface area contributed by atoms with Gasteiger partial charge in [-0.05, 0) is 50.2 Å². The van der Waals surface area contributed by atoms with E-state index in [-0.39, 0.29) is 12.6 Å². The average Bonchev–Trinajstić information content (AvgIpc) is 2.71. The number of hydrogen-bond donors (Lipinski definition) is 4. The lowest BCUT2D eigenvalue weighted by molar-refractivity contribution is -0.141. The molecule has 0 aliphatic heterocycles. The molecule has 0 aliphatic rings. The highest BCUT2D eigenvalue weighted by atomic mass is 16.5. The maximum Gasteiger partial charge on any atom is 0.327 e. The molecule has 0 bridgehead atoms. The molecule has 0 saturated carbocycles. The first kappa shape index (κ1) is 21.4. The Labute approximate surface area is 167 Å². The first-order chi connectivity index (χ1) is 13.8. The van der Waals surface area contributed by atoms with E-state index in [1.54, 1.807) is 38.1 Å². The van der Waals surface area contributed by atoms with Crippen molar-refractivity contribution in [3.63, 3.8) is 0 Å². The Morgan fingerprint density at radius 1 is 0.828 bits per heavy atom. The summed E-state index contributed by atoms with van der Waals surface area (Å²) in [7, 11) is 0. The number of hydrazine groups is 1. The van der Waals surface area contributed by atoms with Crippen LogP contribution in [0.15, 0.2) is 54.6 Å². The van der Waals surface area contributed by atoms with E-state index < -0.39 is 23.6 Å². The summed E-state index contributed by atoms with van der Waals surface area (Å²) in [5, 5.41) is 4.78. The van der Waals surface area contributed by atoms with Crippen molar-refractivity contribution in [3.05, 3.63) is 60.2 Å². The Bertz CT molecular complexity index is 866. The fraction of sp³-hybridized carbons (Fsp3) is 0.200. The van der Waals surface area contributed by atoms with Gasteiger partial charge in [0.15, 0.2) is 0 Å². The van der Waals surface area contributed by atoms with Gasteiger partial charge < -0.3 is 15.4 Å². The lowest BCUT2D eigenvalue weighted by Crippen LogP contribution is -2.51. The van der Waals surface area contributed by atoms with Crippen LogP contribution in [-0.4, -0.2) is 36.2 Å². The Balaban J connectivity index is 1.76. The van der Waals surface area contributed by atoms with Crippen molar-refractivity contribution >= 4 is 23.6 Å². The van der Waals surface area contributed by atoms with Gasteiger partial charge >= 0.3 is 11.8 Å². The van der Waals surface area contributed by atoms with Crippen molar-refractivity contribution in [1.29, 1.82) is 0 Å². The first-order valence-corrected chi connectivity index (χ1v) is 8.86. The molecule has 0 aromatic heterocycles. The van der Waals surface area contributed by atoms with Gasteiger partial charge in [0, 0.05) is 11.6 Å². The second kappa shape index (κ2) is 10.5. The van der Waals surface area contributed by atoms with Gasteiger partial charge in [-0.3, -0.25) is 30.0 Å². The molecule has 0 unspecified atom stereocenters. The van der Waals surface area contributed by atoms with Crippen LogP contribution in [0.3, 0.4) is 0 Å². The third kappa shape index (κ3) is 7.33. The number of hydrogen-bond acceptors (Lipinski definition) is 5. The molecule has 4 N–H and O–H groups in total. The highest BCUT2D eigenvalue weighted by Gasteiger charge is 2.15. The van der Waals surface area contributed by atoms with E-state index in [0.29, 0.717) is 17.1 Å². The zero-order valence-corrected chi connectivity index (χ0v) is 16.0. The molecular formula is C20H22N4O5. The van der Waals surface area contributed by atoms with Crippen LogP contribution in [0.5, 0.6) is 11.5 Å². The third-order valence-electron chi connectivity index (χ3n) is 3.45. The number of benzene rings is 2. The highest BCUT2D eigenvalue weighted by Crippen LogP contribution is 2.20. The van der Waals surface area contributed by atoms with Crippen LogP contribution >= 0.6 is 0 Å². The quantitative estimate of drug-likeness (QED) is 0.425. The number of carbonyl (C=O) groups excluding carboxylic acids is 4. The summed E-state index contributed by atoms with van der Waals surface area (Å²) in [4.78, 5) is 46.7. The molecule has 152 valence electrons. The number of carbonyl (C=O) groups is 4. The van der Waals surface area contributed by atoms with E-state index in [2.05, 4.69) is 10.6 Å². The molecule has 0 fully saturated rings. The molecule has 4 amide bonds. The van der Waals surface area contributed by atoms with Crippen molar-refractivity contribution in [3.8, 4) is 11.5 Å². The van der Waals surface area contributed by atoms with Crippen LogP contribution in [0, 0.1) is 0 Å². The third-order valence-corrected chi connectivity index (χ3v) is 3.45. The molecule has 2 aromatic rings. The second-order valence-electron chi connectivity index (χ2n) is 6.25. The van der Waals surface area contributed by atoms with Crippen molar-refractivity contribution in [1.82, 2.24) is 21.5 Å². The van der Waals surface area contributed by atoms with Crippen molar-refractivity contribution < 1.29 is 23.9 Å². The van der Waals surface area contributed by atoms with E-state index in [4.69, 9.17) is 4.74 Å². The summed E-state index contributed by atoms with van der Waals surface area (Å²) < 4.78 is 5.64. The number of rotatable bonds is 6. The Kier molecular flexibility index (Phi) is 7.72. The van der Waals surface area contributed by atoms with Crippen molar-refractivity contribution in [2.24, 2.45) is 0 Å². The molecule has 2 aromatic carbocycles. The van der Waals surface area contributed by atoms with Gasteiger partial charge in [0.2, 0.25) is 0 Å². The molecule has 9 heteroatoms. The Morgan fingerprint density at radius 2 is 1.45 bits per heavy atom. The zero-order valence-electron chi connectivity index (χ0n) is 16.0. The summed E-state index contributed by atoms with van der Waals surface area (Å²) in [6.07, 6.45) is 0. The van der Waals surface area contributed by atoms with Crippen LogP contribution in [0.2, 0.25) is 0 Å². The fourth-order valence-corrected chi connectivity index (χ4v) is 2.12. The Morgan fingerprint density at radius 3 is 2.07 bits per heavy atom. The van der Waals surface area contributed by atoms with Crippen LogP contribution in [0.1, 0.15) is 24.2 Å². The van der Waals surface area contributed by atoms with Gasteiger partial charge in [-0.2, -0.15) is 0 Å². The molecule has 29 heavy (non-hydrogen) atoms. The summed E-state index contributed by atoms with van der Waals surface area (Å²) >= 11 is 0. The predicted molar refractivity (Wildman–Crippen MR) is 105 cm³/mol. The minimum atomic E-state index is -1.01. The minimum Gasteiger partial charge on any atom is -0.457 e. The molecule has 0 aliphatic carbocycles. The topological polar surface area (TPSA) is 126 Å². The fourth-order valence-electron chi connectivity index (χ4n) is 2.12. The maximum absolute atomic E-state index is 12.1. The van der Waals surface area contributed by atoms with Gasteiger partial charge in [-0.1, -0.05) is 18.2 Å². The summed E-state index contributed by atoms with van der Waals surface area (Å²) in [6, 6.07) is 15.4. The summed E-state index contributed by atoms with van der Waals surface area (Å²) in [5.74, 6) is -1.81. The average molecular weight is 398 g/mol. The normalized spacial score (nSPS) is 10.0. The lowest BCUT2D eigenvalue weighted by Gasteiger charge is -2.10. The first-order valence-electron chi connectivity index (χ1n) is 8.86. The van der Waals surface area contributed by atoms with Gasteiger partial charge in [-0.25, -0.2) is 0 Å². The number of para-hydroxylation sites is 1. The second-order valence-corrected chi connectivity index (χ2v) is 6.25. The standard InChI is InChI=1S/C20H22N4O5/c1-13(2)22-19(27)20(28)24-23-17(25)12-21-18(26)14-8-10-16(11-9-14)29-15-6-4-3-5-7-15/h3-11,13H,12H2,1-2H3,(H,21,26)(H,22,27)(H,23,25)(H,24,28). The zero-order chi connectivity index (χ0) is 21.2. The van der Waals surface area contributed by atoms with Crippen LogP contribution in [0.25, 0.3) is 0 Å². The van der Waals surface area contributed by atoms with E-state index in [1.807, 2.05) is 41.2 Å². The molecule has 9 nitrogen and oxygen atoms in total. The monoisotopic (exact) mass is 398 g/mol. The van der Waals surface area contributed by atoms with Crippen LogP contribution in [-0.2, 0) is 14.4 Å². The highest BCUT2D eigenvalue weighted by molar-refractivity contribution is 6.35. The number of ether oxygens (including phenoxy) is 1. The largest absolute Gasteiger partial charge is 0.457 e. The molecule has 0 spiro atoms. The van der Waals surface area contributed by atoms with Gasteiger partial charge in [0.1, 0.15) is 11.5 Å². The van der Waals surface area contributed by atoms with Gasteiger partial charge in [0.05, 0.1) is 6.54 Å². The van der Waals surface area contributed by atoms with Crippen LogP contribution in [0.4, 0.5) is 0 Å². The van der Waals surface area contributed by atoms with Crippen molar-refractivity contribution in [2.45, 2.75) is 19.9 Å². The van der Waals surface area contributed by atoms with Gasteiger partial charge in [0.25, 0.3) is 11.8 Å². The van der Waals surface area contributed by atoms with Crippen LogP contribution < -0.4 is 26.2 Å². The number of nitrogens with one attached hydrogen (secondary N) is 4. The van der Waals surface area contributed by atoms with E-state index in [9.17, 15) is 19.2 Å². The van der Waals surface area contributed by atoms with Crippen molar-refractivity contribution in [2.75, 3.05) is 6.54 Å². The smallest absolute Gasteiger partial charge is 0.327 e. The minimum absolute atomic E-state index is 0.215. The lowest BCUT2D eigenvalue weighted by atomic mass is 10.2. The summed E-state index contributed by atoms with van der Waals surface area (Å²) in [5.41, 5.74) is 4.34. The number of amides is 4. The molecule has 2 rings (SSSR count). The predicted octanol–water partition coefficient (Wildman–Crippen LogP) is 0.881. The maximum atomic E-state index is 12.1. The molecular weight excluding hydrogens is 376 g/mol. The van der Waals surface area contributed by atoms with Gasteiger partial charge in [-0.15, -0.1) is 0 Å². The molecule has 0 saturated heterocycles. The Hall–Kier alpha value is -3.88. The summed E-state index contributed by atoms with van der Waals surface area (Å²) in [6.45, 7) is 3.01. The molecule has 0 atom stereocenters. The SMILES string of the molecule is CC(C)NC(=O)C(=O)NNC(=O)CNC(=O)c1ccc(Oc2ccccc2)cc1. The van der Waals surface area contributed by atoms with E-state index >= 15 is 0 Å². The molecule has 0 radical (unpaired) electrons.